The number of hydrazone groups is 1. The lowest BCUT2D eigenvalue weighted by Crippen LogP contribution is -2.18. The number of amides is 2. The summed E-state index contributed by atoms with van der Waals surface area (Å²) in [5, 5.41) is 25.4. The zero-order valence-electron chi connectivity index (χ0n) is 13.3. The normalized spacial score (nSPS) is 13.6. The van der Waals surface area contributed by atoms with Crippen LogP contribution in [0.1, 0.15) is 28.8 Å². The van der Waals surface area contributed by atoms with Gasteiger partial charge in [-0.05, 0) is 49.2 Å². The van der Waals surface area contributed by atoms with E-state index in [0.29, 0.717) is 16.8 Å². The largest absolute Gasteiger partial charge is 0.508 e. The van der Waals surface area contributed by atoms with Crippen LogP contribution in [0.25, 0.3) is 0 Å². The monoisotopic (exact) mass is 339 g/mol. The van der Waals surface area contributed by atoms with Crippen LogP contribution in [0.15, 0.2) is 47.6 Å². The number of carbonyl (C=O) groups excluding carboxylic acids is 2. The Morgan fingerprint density at radius 1 is 1.08 bits per heavy atom. The molecule has 0 aliphatic heterocycles. The van der Waals surface area contributed by atoms with Crippen LogP contribution < -0.4 is 10.7 Å². The van der Waals surface area contributed by atoms with E-state index < -0.39 is 5.91 Å². The fourth-order valence-electron chi connectivity index (χ4n) is 2.16. The molecule has 0 unspecified atom stereocenters. The van der Waals surface area contributed by atoms with Gasteiger partial charge in [0, 0.05) is 28.8 Å². The fourth-order valence-corrected chi connectivity index (χ4v) is 2.16. The maximum Gasteiger partial charge on any atom is 0.271 e. The molecule has 0 saturated heterocycles. The van der Waals surface area contributed by atoms with Crippen LogP contribution in [0.3, 0.4) is 0 Å². The smallest absolute Gasteiger partial charge is 0.271 e. The average molecular weight is 339 g/mol. The molecule has 4 N–H and O–H groups in total. The van der Waals surface area contributed by atoms with Crippen molar-refractivity contribution in [2.24, 2.45) is 11.0 Å². The van der Waals surface area contributed by atoms with Crippen molar-refractivity contribution in [3.8, 4) is 11.5 Å². The van der Waals surface area contributed by atoms with E-state index >= 15 is 0 Å². The Bertz CT molecular complexity index is 827. The van der Waals surface area contributed by atoms with Crippen molar-refractivity contribution < 1.29 is 19.8 Å². The summed E-state index contributed by atoms with van der Waals surface area (Å²) >= 11 is 0. The van der Waals surface area contributed by atoms with Gasteiger partial charge in [-0.25, -0.2) is 5.43 Å². The molecule has 2 aromatic carbocycles. The summed E-state index contributed by atoms with van der Waals surface area (Å²) in [7, 11) is 0. The number of nitrogens with one attached hydrogen (secondary N) is 2. The molecule has 25 heavy (non-hydrogen) atoms. The average Bonchev–Trinajstić information content (AvgIpc) is 3.42. The van der Waals surface area contributed by atoms with E-state index in [9.17, 15) is 19.8 Å². The van der Waals surface area contributed by atoms with Crippen LogP contribution in [0.5, 0.6) is 11.5 Å². The van der Waals surface area contributed by atoms with Gasteiger partial charge in [0.1, 0.15) is 11.5 Å². The van der Waals surface area contributed by atoms with Gasteiger partial charge in [-0.1, -0.05) is 0 Å². The van der Waals surface area contributed by atoms with Crippen molar-refractivity contribution >= 4 is 23.7 Å². The molecule has 1 fully saturated rings. The summed E-state index contributed by atoms with van der Waals surface area (Å²) in [6.07, 6.45) is 3.14. The lowest BCUT2D eigenvalue weighted by atomic mass is 10.2. The van der Waals surface area contributed by atoms with Crippen molar-refractivity contribution in [1.82, 2.24) is 5.43 Å². The van der Waals surface area contributed by atoms with Crippen molar-refractivity contribution in [3.63, 3.8) is 0 Å². The van der Waals surface area contributed by atoms with Gasteiger partial charge in [0.25, 0.3) is 5.91 Å². The van der Waals surface area contributed by atoms with Crippen LogP contribution in [0.2, 0.25) is 0 Å². The number of phenols is 2. The first-order valence-electron chi connectivity index (χ1n) is 7.79. The van der Waals surface area contributed by atoms with Gasteiger partial charge in [0.05, 0.1) is 6.21 Å². The highest BCUT2D eigenvalue weighted by Crippen LogP contribution is 2.30. The van der Waals surface area contributed by atoms with Gasteiger partial charge in [-0.2, -0.15) is 5.10 Å². The number of hydrogen-bond acceptors (Lipinski definition) is 5. The topological polar surface area (TPSA) is 111 Å². The molecule has 1 aliphatic carbocycles. The molecule has 1 aliphatic rings. The number of rotatable bonds is 5. The summed E-state index contributed by atoms with van der Waals surface area (Å²) in [5.74, 6) is -0.500. The van der Waals surface area contributed by atoms with E-state index in [1.807, 2.05) is 0 Å². The lowest BCUT2D eigenvalue weighted by molar-refractivity contribution is -0.117. The van der Waals surface area contributed by atoms with Crippen molar-refractivity contribution in [1.29, 1.82) is 0 Å². The molecular weight excluding hydrogens is 322 g/mol. The van der Waals surface area contributed by atoms with Gasteiger partial charge in [0.15, 0.2) is 0 Å². The minimum atomic E-state index is -0.422. The number of nitrogens with zero attached hydrogens (tertiary/aromatic N) is 1. The van der Waals surface area contributed by atoms with Crippen molar-refractivity contribution in [2.45, 2.75) is 12.8 Å². The molecule has 0 aromatic heterocycles. The molecule has 0 spiro atoms. The second-order valence-corrected chi connectivity index (χ2v) is 5.78. The molecule has 2 aromatic rings. The molecule has 0 heterocycles. The molecule has 7 heteroatoms. The first-order chi connectivity index (χ1) is 12.0. The second-order valence-electron chi connectivity index (χ2n) is 5.78. The maximum atomic E-state index is 12.0. The summed E-state index contributed by atoms with van der Waals surface area (Å²) in [5.41, 5.74) is 3.73. The Hall–Kier alpha value is -3.35. The predicted octanol–water partition coefficient (Wildman–Crippen LogP) is 2.21. The molecule has 0 radical (unpaired) electrons. The standard InChI is InChI=1S/C18H17N3O4/c22-15-8-5-13(16(23)9-15)10-19-21-18(25)12-3-6-14(7-4-12)20-17(24)11-1-2-11/h3-11,22-23H,1-2H2,(H,20,24)(H,21,25)/b19-10+. The maximum absolute atomic E-state index is 12.0. The number of phenolic OH excluding ortho intramolecular Hbond substituents is 2. The molecule has 2 amide bonds. The summed E-state index contributed by atoms with van der Waals surface area (Å²) in [4.78, 5) is 23.7. The highest BCUT2D eigenvalue weighted by atomic mass is 16.3. The molecule has 7 nitrogen and oxygen atoms in total. The summed E-state index contributed by atoms with van der Waals surface area (Å²) < 4.78 is 0. The Morgan fingerprint density at radius 3 is 2.44 bits per heavy atom. The van der Waals surface area contributed by atoms with Gasteiger partial charge in [-0.3, -0.25) is 9.59 Å². The number of hydrogen-bond donors (Lipinski definition) is 4. The van der Waals surface area contributed by atoms with Crippen LogP contribution >= 0.6 is 0 Å². The Labute approximate surface area is 144 Å². The third kappa shape index (κ3) is 4.35. The third-order valence-electron chi connectivity index (χ3n) is 3.75. The van der Waals surface area contributed by atoms with E-state index in [2.05, 4.69) is 15.8 Å². The molecule has 3 rings (SSSR count). The first-order valence-corrected chi connectivity index (χ1v) is 7.79. The molecule has 128 valence electrons. The van der Waals surface area contributed by atoms with Crippen molar-refractivity contribution in [2.75, 3.05) is 5.32 Å². The van der Waals surface area contributed by atoms with Crippen LogP contribution in [-0.2, 0) is 4.79 Å². The predicted molar refractivity (Wildman–Crippen MR) is 92.6 cm³/mol. The number of anilines is 1. The fraction of sp³-hybridized carbons (Fsp3) is 0.167. The van der Waals surface area contributed by atoms with Crippen LogP contribution in [-0.4, -0.2) is 28.2 Å². The Balaban J connectivity index is 1.57. The zero-order valence-corrected chi connectivity index (χ0v) is 13.3. The van der Waals surface area contributed by atoms with E-state index in [1.54, 1.807) is 24.3 Å². The number of benzene rings is 2. The zero-order chi connectivity index (χ0) is 17.8. The first kappa shape index (κ1) is 16.5. The molecule has 0 atom stereocenters. The van der Waals surface area contributed by atoms with Gasteiger partial charge >= 0.3 is 0 Å². The van der Waals surface area contributed by atoms with Gasteiger partial charge in [-0.15, -0.1) is 0 Å². The molecule has 1 saturated carbocycles. The van der Waals surface area contributed by atoms with Crippen molar-refractivity contribution in [3.05, 3.63) is 53.6 Å². The minimum absolute atomic E-state index is 0.00973. The van der Waals surface area contributed by atoms with E-state index in [-0.39, 0.29) is 23.3 Å². The molecular formula is C18H17N3O4. The second kappa shape index (κ2) is 7.04. The number of carbonyl (C=O) groups is 2. The van der Waals surface area contributed by atoms with E-state index in [1.165, 1.54) is 24.4 Å². The Morgan fingerprint density at radius 2 is 1.80 bits per heavy atom. The summed E-state index contributed by atoms with van der Waals surface area (Å²) in [6.45, 7) is 0. The quantitative estimate of drug-likeness (QED) is 0.494. The third-order valence-corrected chi connectivity index (χ3v) is 3.75. The van der Waals surface area contributed by atoms with E-state index in [0.717, 1.165) is 12.8 Å². The van der Waals surface area contributed by atoms with Crippen LogP contribution in [0.4, 0.5) is 5.69 Å². The van der Waals surface area contributed by atoms with Crippen LogP contribution in [0, 0.1) is 5.92 Å². The lowest BCUT2D eigenvalue weighted by Gasteiger charge is -2.05. The summed E-state index contributed by atoms with van der Waals surface area (Å²) in [6, 6.07) is 10.5. The SMILES string of the molecule is O=C(N/N=C/c1ccc(O)cc1O)c1ccc(NC(=O)C2CC2)cc1. The Kier molecular flexibility index (Phi) is 4.65. The molecule has 0 bridgehead atoms. The minimum Gasteiger partial charge on any atom is -0.508 e. The highest BCUT2D eigenvalue weighted by molar-refractivity contribution is 5.97. The number of aromatic hydroxyl groups is 2. The highest BCUT2D eigenvalue weighted by Gasteiger charge is 2.29. The van der Waals surface area contributed by atoms with Gasteiger partial charge < -0.3 is 15.5 Å². The van der Waals surface area contributed by atoms with E-state index in [4.69, 9.17) is 0 Å². The van der Waals surface area contributed by atoms with Gasteiger partial charge in [0.2, 0.25) is 5.91 Å².